The average Bonchev–Trinajstić information content (AvgIpc) is 3.09. The zero-order valence-corrected chi connectivity index (χ0v) is 16.4. The standard InChI is InChI=1S/C21H21ClN4O3/c22-18-11-14-10-16(24-17(14)12-23-18)20(28)25-15(9-13-5-2-1-3-6-13)19(27)21(29)26-7-4-8-26/h1-3,5-6,10-12,15,19,24,27H,4,7-9H2,(H,25,28)/t15-,19+/m0/s1. The molecule has 7 nitrogen and oxygen atoms in total. The van der Waals surface area contributed by atoms with E-state index < -0.39 is 18.1 Å². The lowest BCUT2D eigenvalue weighted by Gasteiger charge is -2.35. The van der Waals surface area contributed by atoms with Gasteiger partial charge in [0, 0.05) is 18.5 Å². The first-order valence-electron chi connectivity index (χ1n) is 9.47. The number of rotatable bonds is 6. The number of pyridine rings is 1. The first kappa shape index (κ1) is 19.4. The van der Waals surface area contributed by atoms with Gasteiger partial charge in [-0.25, -0.2) is 4.98 Å². The molecule has 3 aromatic rings. The normalized spacial score (nSPS) is 15.6. The maximum absolute atomic E-state index is 12.8. The van der Waals surface area contributed by atoms with E-state index in [4.69, 9.17) is 11.6 Å². The fraction of sp³-hybridized carbons (Fsp3) is 0.286. The Balaban J connectivity index is 1.55. The molecule has 4 rings (SSSR count). The number of aliphatic hydroxyl groups is 1. The van der Waals surface area contributed by atoms with Crippen LogP contribution in [0, 0.1) is 0 Å². The average molecular weight is 413 g/mol. The van der Waals surface area contributed by atoms with Crippen molar-refractivity contribution in [3.05, 3.63) is 65.1 Å². The van der Waals surface area contributed by atoms with Crippen LogP contribution in [0.15, 0.2) is 48.7 Å². The Labute approximate surface area is 172 Å². The summed E-state index contributed by atoms with van der Waals surface area (Å²) >= 11 is 5.91. The number of halogens is 1. The molecule has 8 heteroatoms. The minimum atomic E-state index is -1.32. The lowest BCUT2D eigenvalue weighted by Crippen LogP contribution is -2.55. The fourth-order valence-electron chi connectivity index (χ4n) is 3.38. The van der Waals surface area contributed by atoms with E-state index in [-0.39, 0.29) is 5.91 Å². The van der Waals surface area contributed by atoms with Gasteiger partial charge in [-0.05, 0) is 30.5 Å². The van der Waals surface area contributed by atoms with E-state index in [1.807, 2.05) is 30.3 Å². The van der Waals surface area contributed by atoms with E-state index in [1.165, 1.54) is 0 Å². The number of aromatic amines is 1. The number of hydrogen-bond donors (Lipinski definition) is 3. The highest BCUT2D eigenvalue weighted by atomic mass is 35.5. The molecule has 0 aliphatic carbocycles. The van der Waals surface area contributed by atoms with Crippen molar-refractivity contribution in [1.29, 1.82) is 0 Å². The van der Waals surface area contributed by atoms with Gasteiger partial charge in [0.15, 0.2) is 6.10 Å². The molecule has 0 bridgehead atoms. The number of likely N-dealkylation sites (tertiary alicyclic amines) is 1. The zero-order chi connectivity index (χ0) is 20.4. The first-order valence-corrected chi connectivity index (χ1v) is 9.85. The van der Waals surface area contributed by atoms with Crippen LogP contribution in [0.5, 0.6) is 0 Å². The number of hydrogen-bond acceptors (Lipinski definition) is 4. The highest BCUT2D eigenvalue weighted by Crippen LogP contribution is 2.19. The van der Waals surface area contributed by atoms with Crippen LogP contribution < -0.4 is 5.32 Å². The molecule has 29 heavy (non-hydrogen) atoms. The molecule has 1 saturated heterocycles. The van der Waals surface area contributed by atoms with Gasteiger partial charge in [-0.3, -0.25) is 9.59 Å². The molecule has 1 fully saturated rings. The van der Waals surface area contributed by atoms with Gasteiger partial charge in [0.2, 0.25) is 0 Å². The van der Waals surface area contributed by atoms with Crippen molar-refractivity contribution in [2.75, 3.05) is 13.1 Å². The predicted octanol–water partition coefficient (Wildman–Crippen LogP) is 2.15. The Bertz CT molecular complexity index is 1030. The smallest absolute Gasteiger partial charge is 0.268 e. The summed E-state index contributed by atoms with van der Waals surface area (Å²) in [5.41, 5.74) is 1.91. The van der Waals surface area contributed by atoms with Crippen molar-refractivity contribution < 1.29 is 14.7 Å². The SMILES string of the molecule is O=C(N[C@@H](Cc1ccccc1)[C@@H](O)C(=O)N1CCC1)c1cc2cc(Cl)ncc2[nH]1. The van der Waals surface area contributed by atoms with Gasteiger partial charge in [-0.15, -0.1) is 0 Å². The molecule has 0 unspecified atom stereocenters. The molecule has 0 saturated carbocycles. The summed E-state index contributed by atoms with van der Waals surface area (Å²) in [6.07, 6.45) is 1.50. The third-order valence-electron chi connectivity index (χ3n) is 5.13. The van der Waals surface area contributed by atoms with Gasteiger partial charge in [-0.2, -0.15) is 0 Å². The number of H-pyrrole nitrogens is 1. The molecular formula is C21H21ClN4O3. The monoisotopic (exact) mass is 412 g/mol. The summed E-state index contributed by atoms with van der Waals surface area (Å²) in [4.78, 5) is 34.0. The van der Waals surface area contributed by atoms with E-state index in [9.17, 15) is 14.7 Å². The Hall–Kier alpha value is -2.90. The van der Waals surface area contributed by atoms with Crippen molar-refractivity contribution in [3.8, 4) is 0 Å². The van der Waals surface area contributed by atoms with Crippen LogP contribution in [0.2, 0.25) is 5.15 Å². The minimum Gasteiger partial charge on any atom is -0.381 e. The van der Waals surface area contributed by atoms with Crippen molar-refractivity contribution in [3.63, 3.8) is 0 Å². The van der Waals surface area contributed by atoms with Crippen molar-refractivity contribution >= 4 is 34.3 Å². The molecule has 2 amide bonds. The summed E-state index contributed by atoms with van der Waals surface area (Å²) < 4.78 is 0. The van der Waals surface area contributed by atoms with E-state index in [0.717, 1.165) is 17.4 Å². The number of benzene rings is 1. The van der Waals surface area contributed by atoms with E-state index >= 15 is 0 Å². The molecule has 1 aliphatic rings. The maximum atomic E-state index is 12.8. The van der Waals surface area contributed by atoms with Crippen LogP contribution in [0.25, 0.3) is 10.9 Å². The van der Waals surface area contributed by atoms with Crippen LogP contribution >= 0.6 is 11.6 Å². The molecule has 0 radical (unpaired) electrons. The molecule has 150 valence electrons. The Morgan fingerprint density at radius 2 is 2.00 bits per heavy atom. The summed E-state index contributed by atoms with van der Waals surface area (Å²) in [6.45, 7) is 1.27. The predicted molar refractivity (Wildman–Crippen MR) is 110 cm³/mol. The van der Waals surface area contributed by atoms with Gasteiger partial charge in [0.25, 0.3) is 11.8 Å². The largest absolute Gasteiger partial charge is 0.381 e. The molecule has 3 heterocycles. The van der Waals surface area contributed by atoms with Gasteiger partial charge < -0.3 is 20.3 Å². The van der Waals surface area contributed by atoms with E-state index in [0.29, 0.717) is 35.9 Å². The van der Waals surface area contributed by atoms with E-state index in [1.54, 1.807) is 23.2 Å². The number of aromatic nitrogens is 2. The second-order valence-electron chi connectivity index (χ2n) is 7.17. The van der Waals surface area contributed by atoms with Crippen LogP contribution in [0.1, 0.15) is 22.5 Å². The summed E-state index contributed by atoms with van der Waals surface area (Å²) in [5, 5.41) is 14.6. The molecule has 0 spiro atoms. The van der Waals surface area contributed by atoms with Gasteiger partial charge >= 0.3 is 0 Å². The van der Waals surface area contributed by atoms with Crippen molar-refractivity contribution in [2.24, 2.45) is 0 Å². The molecule has 1 aliphatic heterocycles. The number of aliphatic hydroxyl groups excluding tert-OH is 1. The van der Waals surface area contributed by atoms with Crippen molar-refractivity contribution in [1.82, 2.24) is 20.2 Å². The van der Waals surface area contributed by atoms with Crippen LogP contribution in [0.3, 0.4) is 0 Å². The molecule has 3 N–H and O–H groups in total. The zero-order valence-electron chi connectivity index (χ0n) is 15.6. The topological polar surface area (TPSA) is 98.3 Å². The number of amides is 2. The number of carbonyl (C=O) groups excluding carboxylic acids is 2. The van der Waals surface area contributed by atoms with Crippen LogP contribution in [-0.4, -0.2) is 57.0 Å². The summed E-state index contributed by atoms with van der Waals surface area (Å²) in [7, 11) is 0. The summed E-state index contributed by atoms with van der Waals surface area (Å²) in [5.74, 6) is -0.765. The quantitative estimate of drug-likeness (QED) is 0.540. The third kappa shape index (κ3) is 4.26. The Kier molecular flexibility index (Phi) is 5.51. The number of nitrogens with one attached hydrogen (secondary N) is 2. The van der Waals surface area contributed by atoms with Gasteiger partial charge in [-0.1, -0.05) is 41.9 Å². The molecular weight excluding hydrogens is 392 g/mol. The maximum Gasteiger partial charge on any atom is 0.268 e. The number of carbonyl (C=O) groups is 2. The summed E-state index contributed by atoms with van der Waals surface area (Å²) in [6, 6.07) is 12.0. The molecule has 2 aromatic heterocycles. The molecule has 2 atom stereocenters. The lowest BCUT2D eigenvalue weighted by atomic mass is 9.99. The number of fused-ring (bicyclic) bond motifs is 1. The van der Waals surface area contributed by atoms with Gasteiger partial charge in [0.1, 0.15) is 10.8 Å². The third-order valence-corrected chi connectivity index (χ3v) is 5.34. The minimum absolute atomic E-state index is 0.311. The number of nitrogens with zero attached hydrogens (tertiary/aromatic N) is 2. The highest BCUT2D eigenvalue weighted by Gasteiger charge is 2.33. The fourth-order valence-corrected chi connectivity index (χ4v) is 3.54. The van der Waals surface area contributed by atoms with Crippen LogP contribution in [-0.2, 0) is 11.2 Å². The second-order valence-corrected chi connectivity index (χ2v) is 7.56. The van der Waals surface area contributed by atoms with Gasteiger partial charge in [0.05, 0.1) is 17.8 Å². The highest BCUT2D eigenvalue weighted by molar-refractivity contribution is 6.30. The van der Waals surface area contributed by atoms with Crippen LogP contribution in [0.4, 0.5) is 0 Å². The molecule has 1 aromatic carbocycles. The van der Waals surface area contributed by atoms with E-state index in [2.05, 4.69) is 15.3 Å². The lowest BCUT2D eigenvalue weighted by molar-refractivity contribution is -0.145. The first-order chi connectivity index (χ1) is 14.0. The Morgan fingerprint density at radius 3 is 2.69 bits per heavy atom. The van der Waals surface area contributed by atoms with Crippen molar-refractivity contribution in [2.45, 2.75) is 25.0 Å². The Morgan fingerprint density at radius 1 is 1.24 bits per heavy atom. The second kappa shape index (κ2) is 8.23.